The van der Waals surface area contributed by atoms with E-state index in [9.17, 15) is 9.90 Å². The van der Waals surface area contributed by atoms with Crippen molar-refractivity contribution >= 4 is 60.7 Å². The fourth-order valence-corrected chi connectivity index (χ4v) is 11.6. The van der Waals surface area contributed by atoms with Crippen molar-refractivity contribution in [3.8, 4) is 56.3 Å². The van der Waals surface area contributed by atoms with Crippen molar-refractivity contribution in [1.82, 2.24) is 34.9 Å². The van der Waals surface area contributed by atoms with E-state index in [4.69, 9.17) is 33.5 Å². The maximum absolute atomic E-state index is 11.5. The van der Waals surface area contributed by atoms with Crippen LogP contribution in [0, 0.1) is 109 Å². The molecule has 6 aromatic carbocycles. The van der Waals surface area contributed by atoms with Crippen LogP contribution in [0.15, 0.2) is 215 Å². The van der Waals surface area contributed by atoms with Crippen LogP contribution in [0.2, 0.25) is 0 Å². The standard InChI is InChI=1S/C23H23N2O.C20H17N2O.C20H20N.2C13H12N.C11H20O2.3Ir/c1-14-11-15(2)25-22-20(14)18-8-6-7-17(21(18)26-22)19-12-16(9-10-24-19)13-23(3,4)5;1-12(2)14-9-10-21-18(11-14)17-6-4-5-15-16-8-7-13(3)22-20(16)23-19(15)17;1-13(2)16-5-6-19-17(12-16)7-8-21-20(19)18-10-14(3)9-15(4)11-18;2*1-10-8-13(14-9-11(10)2)12-6-4-3-5-7-12;1-10(2,3)8(12)7-9(13)11(4,5)6;;;/h6,8-12H,13H2,1-5H3;4-5,7-12H,1-3H3;5-10,12-13H,1-4H3;2*3-6,8-9H,1-2H3;7,12H,1-6H3;;;/q5*-1;;;;/i1D3,13D2;12D;;2*1D3,2D3;;;;. The molecule has 0 atom stereocenters. The van der Waals surface area contributed by atoms with Gasteiger partial charge in [0.25, 0.3) is 0 Å². The molecule has 114 heavy (non-hydrogen) atoms. The molecule has 14 heteroatoms. The van der Waals surface area contributed by atoms with Gasteiger partial charge in [0.15, 0.2) is 5.78 Å². The van der Waals surface area contributed by atoms with Gasteiger partial charge in [0.2, 0.25) is 11.4 Å². The van der Waals surface area contributed by atoms with Crippen LogP contribution in [-0.2, 0) is 71.5 Å². The molecule has 0 aliphatic rings. The van der Waals surface area contributed by atoms with Crippen molar-refractivity contribution < 1.29 is 104 Å². The van der Waals surface area contributed by atoms with Crippen molar-refractivity contribution in [2.45, 2.75) is 170 Å². The van der Waals surface area contributed by atoms with Crippen molar-refractivity contribution in [2.24, 2.45) is 16.2 Å². The number of carbonyl (C=O) groups is 1. The number of nitrogens with zero attached hydrogens (tertiary/aromatic N) is 7. The third-order valence-corrected chi connectivity index (χ3v) is 17.5. The Balaban J connectivity index is 0.000000219. The molecule has 9 aromatic heterocycles. The molecule has 0 unspecified atom stereocenters. The van der Waals surface area contributed by atoms with Crippen LogP contribution in [0.1, 0.15) is 194 Å². The number of hydrogen-bond acceptors (Lipinski definition) is 11. The van der Waals surface area contributed by atoms with E-state index in [2.05, 4.69) is 129 Å². The van der Waals surface area contributed by atoms with Crippen molar-refractivity contribution in [3.05, 3.63) is 304 Å². The normalized spacial score (nSPS) is 14.5. The second-order valence-electron chi connectivity index (χ2n) is 30.7. The molecule has 0 saturated heterocycles. The third kappa shape index (κ3) is 24.0. The van der Waals surface area contributed by atoms with Gasteiger partial charge in [-0.05, 0) is 170 Å². The number of aliphatic hydroxyl groups is 1. The Morgan fingerprint density at radius 3 is 1.62 bits per heavy atom. The molecule has 9 heterocycles. The molecule has 0 bridgehead atoms. The van der Waals surface area contributed by atoms with Gasteiger partial charge in [-0.2, -0.15) is 0 Å². The zero-order valence-electron chi connectivity index (χ0n) is 84.9. The van der Waals surface area contributed by atoms with E-state index in [1.54, 1.807) is 98.2 Å². The predicted octanol–water partition coefficient (Wildman–Crippen LogP) is 26.2. The second kappa shape index (κ2) is 40.1. The van der Waals surface area contributed by atoms with Gasteiger partial charge in [-0.25, -0.2) is 9.97 Å². The van der Waals surface area contributed by atoms with Gasteiger partial charge in [0.05, 0.1) is 11.2 Å². The van der Waals surface area contributed by atoms with Gasteiger partial charge in [-0.1, -0.05) is 190 Å². The van der Waals surface area contributed by atoms with Gasteiger partial charge in [0, 0.05) is 155 Å². The van der Waals surface area contributed by atoms with Gasteiger partial charge < -0.3 is 38.9 Å². The SMILES string of the molecule is CC(C)(C)C(=O)C=C(O)C(C)(C)C.Cc1[c-]c(-c2nccc3cc(C(C)C)ccc23)cc(C)c1.[2H]C(C)(C)c1ccnc(-c2[c-]ccc3c2oc2nc(C)ccc23)c1.[2H]C([2H])([2H])c1cc(C)nc2oc3c(-c4cc(C([2H])([2H])C(C)(C)C)ccn4)[c-]ccc3c12.[2H]C([2H])([2H])c1cnc(-c2[c-]cccc2)cc1C([2H])([2H])[2H].[2H]C([2H])([2H])c1cnc(-c2[c-]cccc2)cc1C([2H])([2H])[2H].[Ir].[Ir].[Ir]. The summed E-state index contributed by atoms with van der Waals surface area (Å²) in [6.07, 6.45) is 7.18. The van der Waals surface area contributed by atoms with E-state index in [0.29, 0.717) is 73.0 Å². The number of aryl methyl sites for hydroxylation is 9. The van der Waals surface area contributed by atoms with Crippen LogP contribution in [-0.4, -0.2) is 45.8 Å². The van der Waals surface area contributed by atoms with E-state index in [-0.39, 0.29) is 111 Å². The van der Waals surface area contributed by atoms with E-state index >= 15 is 0 Å². The number of ketones is 1. The molecule has 595 valence electrons. The third-order valence-electron chi connectivity index (χ3n) is 17.5. The summed E-state index contributed by atoms with van der Waals surface area (Å²) >= 11 is 0. The quantitative estimate of drug-likeness (QED) is 0.0834. The number of pyridine rings is 7. The Hall–Kier alpha value is -9.61. The number of carbonyl (C=O) groups excluding carboxylic acids is 1. The smallest absolute Gasteiger partial charge is 0.216 e. The summed E-state index contributed by atoms with van der Waals surface area (Å²) < 4.78 is 151. The Kier molecular flexibility index (Phi) is 23.8. The number of aromatic nitrogens is 7. The Morgan fingerprint density at radius 2 is 1.07 bits per heavy atom. The molecule has 11 nitrogen and oxygen atoms in total. The minimum atomic E-state index is -2.50. The minimum Gasteiger partial charge on any atom is -0.512 e. The average molecular weight is 2060 g/mol. The minimum absolute atomic E-state index is 0. The molecule has 15 rings (SSSR count). The molecule has 0 spiro atoms. The molecule has 15 aromatic rings. The number of fused-ring (bicyclic) bond motifs is 7. The predicted molar refractivity (Wildman–Crippen MR) is 459 cm³/mol. The maximum atomic E-state index is 11.5. The van der Waals surface area contributed by atoms with Gasteiger partial charge >= 0.3 is 0 Å². The van der Waals surface area contributed by atoms with Crippen LogP contribution in [0.3, 0.4) is 0 Å². The van der Waals surface area contributed by atoms with E-state index in [0.717, 1.165) is 68.1 Å². The maximum Gasteiger partial charge on any atom is 0.216 e. The Labute approximate surface area is 741 Å². The number of benzene rings is 6. The van der Waals surface area contributed by atoms with Crippen LogP contribution in [0.25, 0.3) is 111 Å². The zero-order chi connectivity index (χ0) is 95.4. The first-order valence-electron chi connectivity index (χ1n) is 45.4. The summed E-state index contributed by atoms with van der Waals surface area (Å²) in [4.78, 5) is 41.9. The van der Waals surface area contributed by atoms with Gasteiger partial charge in [-0.15, -0.1) is 143 Å². The monoisotopic (exact) mass is 2060 g/mol. The molecule has 0 saturated carbocycles. The first kappa shape index (κ1) is 67.7. The number of rotatable bonds is 9. The number of allylic oxidation sites excluding steroid dienone is 2. The van der Waals surface area contributed by atoms with Crippen LogP contribution < -0.4 is 0 Å². The molecule has 0 fully saturated rings. The van der Waals surface area contributed by atoms with E-state index < -0.39 is 57.4 Å². The van der Waals surface area contributed by atoms with Crippen LogP contribution in [0.4, 0.5) is 0 Å². The largest absolute Gasteiger partial charge is 0.512 e. The summed E-state index contributed by atoms with van der Waals surface area (Å²) in [5.74, 6) is -0.0378. The number of hydrogen-bond donors (Lipinski definition) is 1. The van der Waals surface area contributed by atoms with E-state index in [1.807, 2.05) is 126 Å². The Morgan fingerprint density at radius 1 is 0.509 bits per heavy atom. The molecule has 0 aliphatic heterocycles. The van der Waals surface area contributed by atoms with Gasteiger partial charge in [-0.3, -0.25) is 4.79 Å². The molecular weight excluding hydrogens is 1940 g/mol. The first-order valence-corrected chi connectivity index (χ1v) is 36.4. The summed E-state index contributed by atoms with van der Waals surface area (Å²) in [5.41, 5.74) is 13.4. The molecular formula is C100H104Ir3N7O4-5. The van der Waals surface area contributed by atoms with Crippen molar-refractivity contribution in [3.63, 3.8) is 0 Å². The summed E-state index contributed by atoms with van der Waals surface area (Å²) in [6.45, 7) is 20.4. The summed E-state index contributed by atoms with van der Waals surface area (Å²) in [6, 6.07) is 65.4. The molecule has 0 amide bonds. The van der Waals surface area contributed by atoms with Gasteiger partial charge in [0.1, 0.15) is 5.76 Å². The molecule has 3 radical (unpaired) electrons. The van der Waals surface area contributed by atoms with Crippen LogP contribution in [0.5, 0.6) is 0 Å². The molecule has 1 N–H and O–H groups in total. The first-order chi connectivity index (χ1) is 59.7. The summed E-state index contributed by atoms with van der Waals surface area (Å²) in [5, 5.41) is 15.1. The van der Waals surface area contributed by atoms with Crippen LogP contribution >= 0.6 is 0 Å². The number of aliphatic hydroxyl groups excluding tert-OH is 1. The molecule has 0 aliphatic carbocycles. The topological polar surface area (TPSA) is 154 Å². The van der Waals surface area contributed by atoms with Crippen molar-refractivity contribution in [1.29, 1.82) is 0 Å². The fourth-order valence-electron chi connectivity index (χ4n) is 11.6. The number of furan rings is 2. The Bertz CT molecular complexity index is 6450. The average Bonchev–Trinajstić information content (AvgIpc) is 1.59. The second-order valence-corrected chi connectivity index (χ2v) is 30.7. The summed E-state index contributed by atoms with van der Waals surface area (Å²) in [7, 11) is 0. The fraction of sp³-hybridized carbons (Fsp3) is 0.280. The zero-order valence-corrected chi connectivity index (χ0v) is 74.1. The van der Waals surface area contributed by atoms with E-state index in [1.165, 1.54) is 40.1 Å². The van der Waals surface area contributed by atoms with Crippen molar-refractivity contribution in [2.75, 3.05) is 0 Å².